The van der Waals surface area contributed by atoms with Crippen LogP contribution >= 0.6 is 0 Å². The van der Waals surface area contributed by atoms with Crippen molar-refractivity contribution in [2.45, 2.75) is 0 Å². The molecule has 0 aromatic heterocycles. The van der Waals surface area contributed by atoms with Gasteiger partial charge in [-0.05, 0) is 25.9 Å². The van der Waals surface area contributed by atoms with Crippen molar-refractivity contribution in [2.24, 2.45) is 0 Å². The molecule has 0 aromatic carbocycles. The fraction of sp³-hybridized carbons (Fsp3) is 1.00. The van der Waals surface area contributed by atoms with Gasteiger partial charge in [0.15, 0.2) is 14.1 Å². The predicted octanol–water partition coefficient (Wildman–Crippen LogP) is 0.0771. The molecule has 0 spiro atoms. The van der Waals surface area contributed by atoms with E-state index in [-0.39, 0.29) is 0 Å². The zero-order valence-electron chi connectivity index (χ0n) is 12.1. The molecule has 0 heterocycles. The third kappa shape index (κ3) is 5720. The molecular formula is C9H29N4O3+. The fourth-order valence-electron chi connectivity index (χ4n) is 0. The lowest BCUT2D eigenvalue weighted by Crippen LogP contribution is -2.01. The van der Waals surface area contributed by atoms with Crippen LogP contribution in [0.3, 0.4) is 0 Å². The van der Waals surface area contributed by atoms with E-state index >= 15 is 0 Å². The van der Waals surface area contributed by atoms with E-state index in [1.165, 1.54) is 14.1 Å². The van der Waals surface area contributed by atoms with Crippen LogP contribution in [0.25, 0.3) is 0 Å². The van der Waals surface area contributed by atoms with Gasteiger partial charge in [0.2, 0.25) is 0 Å². The Morgan fingerprint density at radius 3 is 0.750 bits per heavy atom. The van der Waals surface area contributed by atoms with Crippen molar-refractivity contribution in [1.29, 1.82) is 0 Å². The molecule has 0 amide bonds. The Kier molecular flexibility index (Phi) is 30.6. The molecule has 0 bridgehead atoms. The van der Waals surface area contributed by atoms with Crippen LogP contribution in [-0.4, -0.2) is 93.6 Å². The van der Waals surface area contributed by atoms with Gasteiger partial charge in [0.1, 0.15) is 0 Å². The monoisotopic (exact) mass is 241 g/mol. The Labute approximate surface area is 99.4 Å². The first-order valence-corrected chi connectivity index (χ1v) is 4.61. The average molecular weight is 241 g/mol. The van der Waals surface area contributed by atoms with Gasteiger partial charge in [-0.25, -0.2) is 0 Å². The first kappa shape index (κ1) is 24.6. The van der Waals surface area contributed by atoms with Gasteiger partial charge < -0.3 is 15.3 Å². The number of hydroxylamine groups is 4. The average Bonchev–Trinajstić information content (AvgIpc) is 1.76. The van der Waals surface area contributed by atoms with E-state index in [4.69, 9.17) is 10.4 Å². The number of nitroso groups, excluding NO2 is 1. The third-order valence-corrected chi connectivity index (χ3v) is 0. The first-order chi connectivity index (χ1) is 6.93. The Balaban J connectivity index is -0.0000000600. The summed E-state index contributed by atoms with van der Waals surface area (Å²) in [6, 6.07) is 0. The Bertz CT molecular complexity index is 103. The largest absolute Gasteiger partial charge is 0.315 e. The normalized spacial score (nSPS) is 8.38. The molecule has 0 aliphatic heterocycles. The van der Waals surface area contributed by atoms with E-state index in [2.05, 4.69) is 0 Å². The molecule has 102 valence electrons. The van der Waals surface area contributed by atoms with Gasteiger partial charge >= 0.3 is 0 Å². The van der Waals surface area contributed by atoms with Gasteiger partial charge in [-0.2, -0.15) is 10.1 Å². The molecule has 0 aliphatic rings. The smallest absolute Gasteiger partial charge is 0.182 e. The van der Waals surface area contributed by atoms with E-state index in [1.54, 1.807) is 28.2 Å². The summed E-state index contributed by atoms with van der Waals surface area (Å²) in [6.45, 7) is 0. The highest BCUT2D eigenvalue weighted by Gasteiger charge is 1.66. The number of hydrogen-bond donors (Lipinski definition) is 2. The molecule has 0 aliphatic carbocycles. The van der Waals surface area contributed by atoms with Gasteiger partial charge in [0.05, 0.1) is 0 Å². The van der Waals surface area contributed by atoms with Crippen molar-refractivity contribution in [3.8, 4) is 0 Å². The van der Waals surface area contributed by atoms with E-state index < -0.39 is 0 Å². The minimum atomic E-state index is 0.750. The quantitative estimate of drug-likeness (QED) is 0.462. The van der Waals surface area contributed by atoms with Crippen LogP contribution in [0.1, 0.15) is 0 Å². The van der Waals surface area contributed by atoms with Crippen molar-refractivity contribution < 1.29 is 15.2 Å². The summed E-state index contributed by atoms with van der Waals surface area (Å²) < 4.78 is 0.750. The molecule has 0 aromatic rings. The summed E-state index contributed by atoms with van der Waals surface area (Å²) in [6.07, 6.45) is 0. The molecule has 0 atom stereocenters. The van der Waals surface area contributed by atoms with Crippen LogP contribution in [0.5, 0.6) is 0 Å². The summed E-state index contributed by atoms with van der Waals surface area (Å²) >= 11 is 0. The molecule has 0 radical (unpaired) electrons. The second-order valence-corrected chi connectivity index (χ2v) is 3.85. The zero-order chi connectivity index (χ0) is 14.3. The van der Waals surface area contributed by atoms with Crippen LogP contribution < -0.4 is 0 Å². The van der Waals surface area contributed by atoms with E-state index in [1.807, 2.05) is 26.0 Å². The lowest BCUT2D eigenvalue weighted by Gasteiger charge is -1.90. The Morgan fingerprint density at radius 1 is 0.750 bits per heavy atom. The molecule has 7 nitrogen and oxygen atoms in total. The molecule has 2 N–H and O–H groups in total. The molecule has 7 heteroatoms. The second-order valence-electron chi connectivity index (χ2n) is 3.85. The standard InChI is InChI=1S/C3H9N.2C2H7NO.C2H6NO/c1-4(2)3;3*1-3(2)4/h1-3H3;2*4H,1-2H3;1-2H3/q;;;+1. The molecule has 0 saturated heterocycles. The maximum absolute atomic E-state index is 9.36. The highest BCUT2D eigenvalue weighted by Crippen LogP contribution is 1.48. The maximum atomic E-state index is 9.36. The highest BCUT2D eigenvalue weighted by atomic mass is 16.5. The zero-order valence-corrected chi connectivity index (χ0v) is 12.1. The molecule has 0 fully saturated rings. The van der Waals surface area contributed by atoms with Crippen molar-refractivity contribution >= 4 is 0 Å². The second kappa shape index (κ2) is 19.9. The summed E-state index contributed by atoms with van der Waals surface area (Å²) in [5.74, 6) is 0. The molecule has 16 heavy (non-hydrogen) atoms. The fourth-order valence-corrected chi connectivity index (χ4v) is 0. The van der Waals surface area contributed by atoms with Gasteiger partial charge in [0, 0.05) is 33.1 Å². The van der Waals surface area contributed by atoms with Crippen LogP contribution in [0.15, 0.2) is 0 Å². The predicted molar refractivity (Wildman–Crippen MR) is 66.0 cm³/mol. The lowest BCUT2D eigenvalue weighted by atomic mass is 11.0. The Hall–Kier alpha value is -0.600. The highest BCUT2D eigenvalue weighted by molar-refractivity contribution is 4.09. The summed E-state index contributed by atoms with van der Waals surface area (Å²) in [4.78, 5) is 11.4. The van der Waals surface area contributed by atoms with Crippen molar-refractivity contribution in [3.05, 3.63) is 4.91 Å². The van der Waals surface area contributed by atoms with Crippen LogP contribution in [-0.2, 0) is 0 Å². The van der Waals surface area contributed by atoms with Crippen LogP contribution in [0.4, 0.5) is 0 Å². The summed E-state index contributed by atoms with van der Waals surface area (Å²) in [7, 11) is 15.1. The van der Waals surface area contributed by atoms with Gasteiger partial charge in [-0.3, -0.25) is 0 Å². The van der Waals surface area contributed by atoms with Gasteiger partial charge in [-0.15, -0.1) is 0 Å². The number of rotatable bonds is 0. The maximum Gasteiger partial charge on any atom is 0.182 e. The molecular weight excluding hydrogens is 212 g/mol. The van der Waals surface area contributed by atoms with Crippen LogP contribution in [0, 0.1) is 4.91 Å². The van der Waals surface area contributed by atoms with Crippen LogP contribution in [0.2, 0.25) is 0 Å². The summed E-state index contributed by atoms with van der Waals surface area (Å²) in [5.41, 5.74) is 0. The topological polar surface area (TPSA) is 70.3 Å². The van der Waals surface area contributed by atoms with Crippen molar-refractivity contribution in [1.82, 2.24) is 15.0 Å². The van der Waals surface area contributed by atoms with Crippen molar-refractivity contribution in [3.63, 3.8) is 0 Å². The van der Waals surface area contributed by atoms with E-state index in [0.717, 1.165) is 14.9 Å². The minimum absolute atomic E-state index is 0.750. The van der Waals surface area contributed by atoms with Gasteiger partial charge in [-0.1, -0.05) is 0 Å². The molecule has 0 rings (SSSR count). The number of nitrogens with zero attached hydrogens (tertiary/aromatic N) is 4. The third-order valence-electron chi connectivity index (χ3n) is 0. The Morgan fingerprint density at radius 2 is 0.750 bits per heavy atom. The first-order valence-electron chi connectivity index (χ1n) is 4.61. The number of hydrogen-bond acceptors (Lipinski definition) is 6. The van der Waals surface area contributed by atoms with Crippen molar-refractivity contribution in [2.75, 3.05) is 63.4 Å². The van der Waals surface area contributed by atoms with E-state index in [0.29, 0.717) is 0 Å². The summed E-state index contributed by atoms with van der Waals surface area (Å²) in [5, 5.41) is 17.8. The SMILES string of the molecule is CN(C)C.CN(C)O.CN(C)O.C[N+](C)=O. The van der Waals surface area contributed by atoms with Gasteiger partial charge in [0.25, 0.3) is 0 Å². The lowest BCUT2D eigenvalue weighted by molar-refractivity contribution is -0.486. The molecule has 0 unspecified atom stereocenters. The minimum Gasteiger partial charge on any atom is -0.315 e. The molecule has 0 saturated carbocycles. The van der Waals surface area contributed by atoms with E-state index in [9.17, 15) is 4.91 Å².